The SMILES string of the molecule is OC(c1cccs1)C1CCC(F)(F)CC1. The Morgan fingerprint density at radius 2 is 2.07 bits per heavy atom. The molecule has 15 heavy (non-hydrogen) atoms. The summed E-state index contributed by atoms with van der Waals surface area (Å²) in [5, 5.41) is 11.9. The van der Waals surface area contributed by atoms with Gasteiger partial charge in [-0.1, -0.05) is 6.07 Å². The van der Waals surface area contributed by atoms with Crippen LogP contribution in [-0.2, 0) is 0 Å². The number of hydrogen-bond donors (Lipinski definition) is 1. The van der Waals surface area contributed by atoms with Crippen LogP contribution in [0.25, 0.3) is 0 Å². The molecule has 1 aromatic rings. The van der Waals surface area contributed by atoms with Crippen LogP contribution in [0.15, 0.2) is 17.5 Å². The molecule has 1 nitrogen and oxygen atoms in total. The van der Waals surface area contributed by atoms with E-state index in [4.69, 9.17) is 0 Å². The molecule has 0 saturated heterocycles. The minimum Gasteiger partial charge on any atom is -0.387 e. The Morgan fingerprint density at radius 3 is 2.60 bits per heavy atom. The zero-order valence-corrected chi connectivity index (χ0v) is 9.14. The fraction of sp³-hybridized carbons (Fsp3) is 0.636. The third-order valence-electron chi connectivity index (χ3n) is 3.04. The summed E-state index contributed by atoms with van der Waals surface area (Å²) in [5.41, 5.74) is 0. The topological polar surface area (TPSA) is 20.2 Å². The van der Waals surface area contributed by atoms with E-state index in [-0.39, 0.29) is 18.8 Å². The van der Waals surface area contributed by atoms with Crippen LogP contribution in [0.2, 0.25) is 0 Å². The van der Waals surface area contributed by atoms with Crippen LogP contribution in [-0.4, -0.2) is 11.0 Å². The molecule has 1 heterocycles. The van der Waals surface area contributed by atoms with Crippen molar-refractivity contribution in [3.05, 3.63) is 22.4 Å². The highest BCUT2D eigenvalue weighted by Crippen LogP contribution is 2.41. The molecule has 1 atom stereocenters. The first kappa shape index (κ1) is 11.0. The molecule has 0 aliphatic heterocycles. The molecule has 0 amide bonds. The van der Waals surface area contributed by atoms with Gasteiger partial charge in [-0.05, 0) is 30.2 Å². The minimum atomic E-state index is -2.51. The summed E-state index contributed by atoms with van der Waals surface area (Å²) in [4.78, 5) is 0.894. The zero-order chi connectivity index (χ0) is 10.9. The quantitative estimate of drug-likeness (QED) is 0.826. The smallest absolute Gasteiger partial charge is 0.248 e. The summed E-state index contributed by atoms with van der Waals surface area (Å²) < 4.78 is 25.8. The third kappa shape index (κ3) is 2.55. The molecule has 1 aliphatic rings. The van der Waals surface area contributed by atoms with E-state index in [0.29, 0.717) is 12.8 Å². The van der Waals surface area contributed by atoms with Gasteiger partial charge in [-0.15, -0.1) is 11.3 Å². The van der Waals surface area contributed by atoms with Crippen molar-refractivity contribution in [2.45, 2.75) is 37.7 Å². The molecule has 1 aliphatic carbocycles. The van der Waals surface area contributed by atoms with E-state index in [2.05, 4.69) is 0 Å². The van der Waals surface area contributed by atoms with Crippen molar-refractivity contribution in [2.75, 3.05) is 0 Å². The molecule has 0 radical (unpaired) electrons. The second-order valence-electron chi connectivity index (χ2n) is 4.15. The Morgan fingerprint density at radius 1 is 1.40 bits per heavy atom. The second-order valence-corrected chi connectivity index (χ2v) is 5.13. The predicted molar refractivity (Wildman–Crippen MR) is 56.2 cm³/mol. The lowest BCUT2D eigenvalue weighted by atomic mass is 9.83. The second kappa shape index (κ2) is 4.18. The highest BCUT2D eigenvalue weighted by Gasteiger charge is 2.37. The van der Waals surface area contributed by atoms with Crippen LogP contribution in [0, 0.1) is 5.92 Å². The molecule has 1 saturated carbocycles. The number of aliphatic hydroxyl groups excluding tert-OH is 1. The molecule has 1 aromatic heterocycles. The maximum Gasteiger partial charge on any atom is 0.248 e. The minimum absolute atomic E-state index is 0.00303. The molecule has 1 fully saturated rings. The highest BCUT2D eigenvalue weighted by molar-refractivity contribution is 7.10. The van der Waals surface area contributed by atoms with Gasteiger partial charge in [0.05, 0.1) is 6.10 Å². The van der Waals surface area contributed by atoms with Crippen LogP contribution >= 0.6 is 11.3 Å². The third-order valence-corrected chi connectivity index (χ3v) is 3.99. The van der Waals surface area contributed by atoms with Gasteiger partial charge >= 0.3 is 0 Å². The van der Waals surface area contributed by atoms with Gasteiger partial charge in [-0.3, -0.25) is 0 Å². The monoisotopic (exact) mass is 232 g/mol. The summed E-state index contributed by atoms with van der Waals surface area (Å²) in [6.07, 6.45) is 0.124. The fourth-order valence-corrected chi connectivity index (χ4v) is 2.87. The molecular formula is C11H14F2OS. The van der Waals surface area contributed by atoms with Crippen LogP contribution in [0.5, 0.6) is 0 Å². The predicted octanol–water partition coefficient (Wildman–Crippen LogP) is 3.61. The Labute approximate surface area is 91.7 Å². The van der Waals surface area contributed by atoms with E-state index >= 15 is 0 Å². The Kier molecular flexibility index (Phi) is 3.07. The molecule has 0 spiro atoms. The van der Waals surface area contributed by atoms with Gasteiger partial charge in [0.25, 0.3) is 0 Å². The molecule has 0 bridgehead atoms. The van der Waals surface area contributed by atoms with E-state index in [1.54, 1.807) is 0 Å². The first-order valence-electron chi connectivity index (χ1n) is 5.18. The van der Waals surface area contributed by atoms with Gasteiger partial charge in [0.15, 0.2) is 0 Å². The van der Waals surface area contributed by atoms with E-state index in [9.17, 15) is 13.9 Å². The van der Waals surface area contributed by atoms with E-state index in [0.717, 1.165) is 4.88 Å². The maximum atomic E-state index is 12.9. The van der Waals surface area contributed by atoms with Gasteiger partial charge in [0.1, 0.15) is 0 Å². The van der Waals surface area contributed by atoms with Crippen LogP contribution in [0.3, 0.4) is 0 Å². The normalized spacial score (nSPS) is 23.9. The van der Waals surface area contributed by atoms with Crippen molar-refractivity contribution >= 4 is 11.3 Å². The number of hydrogen-bond acceptors (Lipinski definition) is 2. The number of halogens is 2. The van der Waals surface area contributed by atoms with Crippen molar-refractivity contribution in [3.63, 3.8) is 0 Å². The van der Waals surface area contributed by atoms with Crippen LogP contribution < -0.4 is 0 Å². The Balaban J connectivity index is 1.96. The number of aliphatic hydroxyl groups is 1. The lowest BCUT2D eigenvalue weighted by Crippen LogP contribution is -2.27. The van der Waals surface area contributed by atoms with Gasteiger partial charge in [0, 0.05) is 17.7 Å². The Bertz CT molecular complexity index is 300. The fourth-order valence-electron chi connectivity index (χ4n) is 2.07. The lowest BCUT2D eigenvalue weighted by molar-refractivity contribution is -0.0622. The molecule has 1 unspecified atom stereocenters. The highest BCUT2D eigenvalue weighted by atomic mass is 32.1. The summed E-state index contributed by atoms with van der Waals surface area (Å²) in [5.74, 6) is -2.51. The maximum absolute atomic E-state index is 12.9. The summed E-state index contributed by atoms with van der Waals surface area (Å²) in [6, 6.07) is 3.74. The average Bonchev–Trinajstić information content (AvgIpc) is 2.69. The van der Waals surface area contributed by atoms with Crippen molar-refractivity contribution in [3.8, 4) is 0 Å². The first-order chi connectivity index (χ1) is 7.08. The van der Waals surface area contributed by atoms with Crippen molar-refractivity contribution in [1.82, 2.24) is 0 Å². The van der Waals surface area contributed by atoms with Gasteiger partial charge < -0.3 is 5.11 Å². The summed E-state index contributed by atoms with van der Waals surface area (Å²) in [7, 11) is 0. The van der Waals surface area contributed by atoms with Gasteiger partial charge in [0.2, 0.25) is 5.92 Å². The standard InChI is InChI=1S/C11H14F2OS/c12-11(13)5-3-8(4-6-11)10(14)9-2-1-7-15-9/h1-2,7-8,10,14H,3-6H2. The first-order valence-corrected chi connectivity index (χ1v) is 6.06. The number of alkyl halides is 2. The largest absolute Gasteiger partial charge is 0.387 e. The van der Waals surface area contributed by atoms with Crippen molar-refractivity contribution < 1.29 is 13.9 Å². The summed E-state index contributed by atoms with van der Waals surface area (Å²) in [6.45, 7) is 0. The van der Waals surface area contributed by atoms with E-state index in [1.165, 1.54) is 11.3 Å². The zero-order valence-electron chi connectivity index (χ0n) is 8.33. The van der Waals surface area contributed by atoms with E-state index < -0.39 is 12.0 Å². The lowest BCUT2D eigenvalue weighted by Gasteiger charge is -2.30. The van der Waals surface area contributed by atoms with Crippen LogP contribution in [0.1, 0.15) is 36.7 Å². The van der Waals surface area contributed by atoms with Gasteiger partial charge in [-0.2, -0.15) is 0 Å². The molecule has 0 aromatic carbocycles. The molecule has 2 rings (SSSR count). The Hall–Kier alpha value is -0.480. The van der Waals surface area contributed by atoms with Gasteiger partial charge in [-0.25, -0.2) is 8.78 Å². The van der Waals surface area contributed by atoms with Crippen molar-refractivity contribution in [2.24, 2.45) is 5.92 Å². The average molecular weight is 232 g/mol. The number of rotatable bonds is 2. The van der Waals surface area contributed by atoms with Crippen LogP contribution in [0.4, 0.5) is 8.78 Å². The summed E-state index contributed by atoms with van der Waals surface area (Å²) >= 11 is 1.49. The van der Waals surface area contributed by atoms with E-state index in [1.807, 2.05) is 17.5 Å². The van der Waals surface area contributed by atoms with Crippen molar-refractivity contribution in [1.29, 1.82) is 0 Å². The molecule has 1 N–H and O–H groups in total. The molecular weight excluding hydrogens is 218 g/mol. The number of thiophene rings is 1. The molecule has 84 valence electrons. The molecule has 4 heteroatoms.